The van der Waals surface area contributed by atoms with Crippen LogP contribution in [0, 0.1) is 6.92 Å². The van der Waals surface area contributed by atoms with E-state index in [-0.39, 0.29) is 11.5 Å². The van der Waals surface area contributed by atoms with Gasteiger partial charge in [0.05, 0.1) is 20.4 Å². The van der Waals surface area contributed by atoms with Crippen molar-refractivity contribution in [3.8, 4) is 11.5 Å². The highest BCUT2D eigenvalue weighted by molar-refractivity contribution is 5.84. The Morgan fingerprint density at radius 1 is 1.29 bits per heavy atom. The number of aromatic amines is 1. The number of benzene rings is 1. The first-order valence-electron chi connectivity index (χ1n) is 6.21. The number of H-pyrrole nitrogens is 1. The molecule has 2 rings (SSSR count). The minimum Gasteiger partial charge on any atom is -0.497 e. The number of aromatic nitrogens is 2. The largest absolute Gasteiger partial charge is 0.497 e. The maximum Gasteiger partial charge on any atom is 0.252 e. The van der Waals surface area contributed by atoms with Gasteiger partial charge < -0.3 is 9.47 Å². The van der Waals surface area contributed by atoms with E-state index in [2.05, 4.69) is 20.5 Å². The molecule has 0 spiro atoms. The van der Waals surface area contributed by atoms with E-state index in [1.54, 1.807) is 39.5 Å². The summed E-state index contributed by atoms with van der Waals surface area (Å²) in [5.74, 6) is 1.61. The van der Waals surface area contributed by atoms with E-state index in [1.165, 1.54) is 6.07 Å². The van der Waals surface area contributed by atoms with E-state index < -0.39 is 0 Å². The highest BCUT2D eigenvalue weighted by atomic mass is 16.5. The molecule has 2 N–H and O–H groups in total. The number of hydrogen-bond donors (Lipinski definition) is 2. The monoisotopic (exact) mass is 288 g/mol. The number of hydrogen-bond acceptors (Lipinski definition) is 6. The minimum absolute atomic E-state index is 0.234. The summed E-state index contributed by atoms with van der Waals surface area (Å²) in [4.78, 5) is 17.9. The van der Waals surface area contributed by atoms with Gasteiger partial charge >= 0.3 is 0 Å². The lowest BCUT2D eigenvalue weighted by Crippen LogP contribution is -2.10. The molecule has 0 unspecified atom stereocenters. The molecular formula is C14H16N4O3. The normalized spacial score (nSPS) is 10.6. The molecule has 0 bridgehead atoms. The van der Waals surface area contributed by atoms with E-state index in [0.29, 0.717) is 17.2 Å². The van der Waals surface area contributed by atoms with Crippen molar-refractivity contribution >= 4 is 12.2 Å². The number of aryl methyl sites for hydroxylation is 1. The Labute approximate surface area is 121 Å². The van der Waals surface area contributed by atoms with Gasteiger partial charge in [-0.2, -0.15) is 5.10 Å². The minimum atomic E-state index is -0.234. The van der Waals surface area contributed by atoms with Crippen molar-refractivity contribution in [2.45, 2.75) is 6.92 Å². The number of ether oxygens (including phenoxy) is 2. The Hall–Kier alpha value is -2.83. The Morgan fingerprint density at radius 3 is 2.76 bits per heavy atom. The lowest BCUT2D eigenvalue weighted by Gasteiger charge is -2.07. The third kappa shape index (κ3) is 3.82. The first-order chi connectivity index (χ1) is 10.1. The zero-order valence-corrected chi connectivity index (χ0v) is 12.0. The van der Waals surface area contributed by atoms with Gasteiger partial charge in [-0.1, -0.05) is 0 Å². The third-order valence-electron chi connectivity index (χ3n) is 2.68. The number of nitrogens with one attached hydrogen (secondary N) is 2. The molecule has 0 fully saturated rings. The van der Waals surface area contributed by atoms with E-state index in [0.717, 1.165) is 5.56 Å². The molecule has 21 heavy (non-hydrogen) atoms. The maximum atomic E-state index is 11.3. The Balaban J connectivity index is 2.16. The second-order valence-electron chi connectivity index (χ2n) is 4.21. The standard InChI is InChI=1S/C14H16N4O3/c1-9-6-13(19)17-14(16-9)18-15-8-10-4-5-11(20-2)7-12(10)21-3/h4-8H,1-3H3,(H2,16,17,18,19)/b15-8+. The molecule has 0 aliphatic carbocycles. The lowest BCUT2D eigenvalue weighted by atomic mass is 10.2. The van der Waals surface area contributed by atoms with Gasteiger partial charge in [0.15, 0.2) is 0 Å². The van der Waals surface area contributed by atoms with Crippen molar-refractivity contribution in [3.05, 3.63) is 45.9 Å². The Morgan fingerprint density at radius 2 is 2.10 bits per heavy atom. The molecule has 1 aromatic carbocycles. The molecule has 7 heteroatoms. The number of hydrazone groups is 1. The highest BCUT2D eigenvalue weighted by Gasteiger charge is 2.02. The van der Waals surface area contributed by atoms with Crippen LogP contribution in [0.2, 0.25) is 0 Å². The third-order valence-corrected chi connectivity index (χ3v) is 2.68. The second-order valence-corrected chi connectivity index (χ2v) is 4.21. The summed E-state index contributed by atoms with van der Waals surface area (Å²) in [6, 6.07) is 6.78. The lowest BCUT2D eigenvalue weighted by molar-refractivity contribution is 0.394. The van der Waals surface area contributed by atoms with Crippen molar-refractivity contribution in [2.75, 3.05) is 19.6 Å². The van der Waals surface area contributed by atoms with Crippen molar-refractivity contribution in [1.29, 1.82) is 0 Å². The molecule has 0 aliphatic heterocycles. The van der Waals surface area contributed by atoms with Crippen LogP contribution < -0.4 is 20.5 Å². The van der Waals surface area contributed by atoms with E-state index in [1.807, 2.05) is 6.07 Å². The average Bonchev–Trinajstić information content (AvgIpc) is 2.46. The Bertz CT molecular complexity index is 710. The van der Waals surface area contributed by atoms with Crippen LogP contribution in [0.5, 0.6) is 11.5 Å². The molecule has 0 saturated carbocycles. The first-order valence-corrected chi connectivity index (χ1v) is 6.21. The van der Waals surface area contributed by atoms with Crippen LogP contribution in [0.15, 0.2) is 34.2 Å². The molecule has 0 saturated heterocycles. The average molecular weight is 288 g/mol. The van der Waals surface area contributed by atoms with Gasteiger partial charge in [0.1, 0.15) is 11.5 Å². The summed E-state index contributed by atoms with van der Waals surface area (Å²) in [6.07, 6.45) is 1.57. The quantitative estimate of drug-likeness (QED) is 0.643. The van der Waals surface area contributed by atoms with Crippen molar-refractivity contribution in [3.63, 3.8) is 0 Å². The molecule has 0 aliphatic rings. The van der Waals surface area contributed by atoms with Gasteiger partial charge in [0, 0.05) is 23.4 Å². The number of rotatable bonds is 5. The second kappa shape index (κ2) is 6.56. The van der Waals surface area contributed by atoms with Crippen LogP contribution in [-0.4, -0.2) is 30.4 Å². The van der Waals surface area contributed by atoms with Gasteiger partial charge in [0.25, 0.3) is 5.56 Å². The fourth-order valence-corrected chi connectivity index (χ4v) is 1.72. The first kappa shape index (κ1) is 14.6. The van der Waals surface area contributed by atoms with Crippen LogP contribution in [0.1, 0.15) is 11.3 Å². The molecule has 2 aromatic rings. The van der Waals surface area contributed by atoms with E-state index in [9.17, 15) is 4.79 Å². The summed E-state index contributed by atoms with van der Waals surface area (Å²) >= 11 is 0. The fourth-order valence-electron chi connectivity index (χ4n) is 1.72. The molecular weight excluding hydrogens is 272 g/mol. The molecule has 110 valence electrons. The fraction of sp³-hybridized carbons (Fsp3) is 0.214. The highest BCUT2D eigenvalue weighted by Crippen LogP contribution is 2.23. The number of anilines is 1. The summed E-state index contributed by atoms with van der Waals surface area (Å²) in [6.45, 7) is 1.73. The molecule has 0 atom stereocenters. The van der Waals surface area contributed by atoms with Crippen molar-refractivity contribution in [2.24, 2.45) is 5.10 Å². The van der Waals surface area contributed by atoms with Crippen LogP contribution >= 0.6 is 0 Å². The summed E-state index contributed by atoms with van der Waals surface area (Å²) in [5, 5.41) is 4.03. The van der Waals surface area contributed by atoms with Crippen LogP contribution in [-0.2, 0) is 0 Å². The molecule has 1 heterocycles. The number of methoxy groups -OCH3 is 2. The molecule has 0 amide bonds. The summed E-state index contributed by atoms with van der Waals surface area (Å²) < 4.78 is 10.4. The predicted octanol–water partition coefficient (Wildman–Crippen LogP) is 1.54. The zero-order valence-electron chi connectivity index (χ0n) is 12.0. The van der Waals surface area contributed by atoms with Crippen LogP contribution in [0.25, 0.3) is 0 Å². The van der Waals surface area contributed by atoms with E-state index >= 15 is 0 Å². The van der Waals surface area contributed by atoms with Gasteiger partial charge in [0.2, 0.25) is 5.95 Å². The van der Waals surface area contributed by atoms with Gasteiger partial charge in [-0.25, -0.2) is 10.4 Å². The van der Waals surface area contributed by atoms with Crippen molar-refractivity contribution < 1.29 is 9.47 Å². The topological polar surface area (TPSA) is 88.6 Å². The van der Waals surface area contributed by atoms with Crippen LogP contribution in [0.3, 0.4) is 0 Å². The molecule has 1 aromatic heterocycles. The van der Waals surface area contributed by atoms with Gasteiger partial charge in [-0.15, -0.1) is 0 Å². The van der Waals surface area contributed by atoms with Gasteiger partial charge in [-0.3, -0.25) is 9.78 Å². The zero-order chi connectivity index (χ0) is 15.2. The smallest absolute Gasteiger partial charge is 0.252 e. The predicted molar refractivity (Wildman–Crippen MR) is 80.4 cm³/mol. The number of nitrogens with zero attached hydrogens (tertiary/aromatic N) is 2. The van der Waals surface area contributed by atoms with Crippen LogP contribution in [0.4, 0.5) is 5.95 Å². The molecule has 7 nitrogen and oxygen atoms in total. The van der Waals surface area contributed by atoms with Crippen molar-refractivity contribution in [1.82, 2.24) is 9.97 Å². The summed E-state index contributed by atoms with van der Waals surface area (Å²) in [7, 11) is 3.16. The maximum absolute atomic E-state index is 11.3. The SMILES string of the molecule is COc1ccc(/C=N/Nc2nc(C)cc(=O)[nH]2)c(OC)c1. The summed E-state index contributed by atoms with van der Waals surface area (Å²) in [5.41, 5.74) is 3.81. The van der Waals surface area contributed by atoms with E-state index in [4.69, 9.17) is 9.47 Å². The van der Waals surface area contributed by atoms with Gasteiger partial charge in [-0.05, 0) is 19.1 Å². The molecule has 0 radical (unpaired) electrons. The Kier molecular flexibility index (Phi) is 4.55.